The van der Waals surface area contributed by atoms with Crippen molar-refractivity contribution in [1.82, 2.24) is 0 Å². The Bertz CT molecular complexity index is 1460. The van der Waals surface area contributed by atoms with Crippen LogP contribution in [0.2, 0.25) is 0 Å². The van der Waals surface area contributed by atoms with Crippen molar-refractivity contribution in [3.05, 3.63) is 29.3 Å². The number of phenols is 1. The van der Waals surface area contributed by atoms with E-state index in [0.717, 1.165) is 70.6 Å². The van der Waals surface area contributed by atoms with E-state index in [1.54, 1.807) is 6.07 Å². The average Bonchev–Trinajstić information content (AvgIpc) is 3.79. The molecule has 0 heterocycles. The summed E-state index contributed by atoms with van der Waals surface area (Å²) in [5.41, 5.74) is 2.81. The Kier molecular flexibility index (Phi) is 11.0. The Labute approximate surface area is 288 Å². The van der Waals surface area contributed by atoms with Gasteiger partial charge < -0.3 is 10.2 Å². The number of aliphatic hydroxyl groups is 1. The maximum Gasteiger partial charge on any atom is 0.460 e. The minimum Gasteiger partial charge on any atom is -0.508 e. The van der Waals surface area contributed by atoms with Gasteiger partial charge in [0.05, 0.1) is 17.6 Å². The maximum atomic E-state index is 13.7. The molecule has 4 aliphatic carbocycles. The highest BCUT2D eigenvalue weighted by molar-refractivity contribution is 7.91. The van der Waals surface area contributed by atoms with Crippen molar-refractivity contribution < 1.29 is 58.1 Å². The molecule has 3 saturated carbocycles. The highest BCUT2D eigenvalue weighted by atomic mass is 32.2. The zero-order chi connectivity index (χ0) is 37.0. The third kappa shape index (κ3) is 7.15. The highest BCUT2D eigenvalue weighted by Crippen LogP contribution is 2.76. The van der Waals surface area contributed by atoms with Gasteiger partial charge in [-0.1, -0.05) is 51.5 Å². The van der Waals surface area contributed by atoms with Gasteiger partial charge in [-0.05, 0) is 110 Å². The van der Waals surface area contributed by atoms with Crippen LogP contribution in [0.3, 0.4) is 0 Å². The summed E-state index contributed by atoms with van der Waals surface area (Å²) in [7, 11) is -4.00. The van der Waals surface area contributed by atoms with Crippen LogP contribution in [0.1, 0.15) is 120 Å². The van der Waals surface area contributed by atoms with E-state index in [4.69, 9.17) is 0 Å². The number of halogens is 9. The molecule has 0 aliphatic heterocycles. The molecular formula is C36H49F9O4S. The summed E-state index contributed by atoms with van der Waals surface area (Å²) >= 11 is 0. The van der Waals surface area contributed by atoms with Gasteiger partial charge in [-0.25, -0.2) is 8.42 Å². The molecular weight excluding hydrogens is 699 g/mol. The number of hydrogen-bond donors (Lipinski definition) is 2. The number of sulfone groups is 1. The largest absolute Gasteiger partial charge is 0.508 e. The second kappa shape index (κ2) is 13.9. The lowest BCUT2D eigenvalue weighted by atomic mass is 9.50. The van der Waals surface area contributed by atoms with Gasteiger partial charge in [0.2, 0.25) is 0 Å². The number of aliphatic hydroxyl groups excluding tert-OH is 1. The summed E-state index contributed by atoms with van der Waals surface area (Å²) in [5, 5.41) is 21.4. The summed E-state index contributed by atoms with van der Waals surface area (Å²) < 4.78 is 141. The van der Waals surface area contributed by atoms with Crippen molar-refractivity contribution in [3.63, 3.8) is 0 Å². The Morgan fingerprint density at radius 2 is 1.42 bits per heavy atom. The number of phenolic OH excluding ortho intramolecular Hbond substituents is 1. The van der Waals surface area contributed by atoms with Gasteiger partial charge in [0, 0.05) is 11.8 Å². The van der Waals surface area contributed by atoms with Gasteiger partial charge in [0.15, 0.2) is 0 Å². The second-order valence-corrected chi connectivity index (χ2v) is 18.2. The molecule has 4 aliphatic rings. The molecule has 1 aromatic carbocycles. The van der Waals surface area contributed by atoms with E-state index in [1.807, 2.05) is 6.07 Å². The van der Waals surface area contributed by atoms with Gasteiger partial charge >= 0.3 is 23.9 Å². The lowest BCUT2D eigenvalue weighted by Gasteiger charge is -2.54. The lowest BCUT2D eigenvalue weighted by Crippen LogP contribution is -2.60. The summed E-state index contributed by atoms with van der Waals surface area (Å²) in [4.78, 5) is 0. The first-order valence-electron chi connectivity index (χ1n) is 18.0. The van der Waals surface area contributed by atoms with Crippen LogP contribution in [0.5, 0.6) is 5.75 Å². The van der Waals surface area contributed by atoms with Crippen molar-refractivity contribution >= 4 is 9.84 Å². The number of benzene rings is 1. The fraction of sp³-hybridized carbons (Fsp3) is 0.833. The number of rotatable bonds is 16. The first-order chi connectivity index (χ1) is 23.1. The molecule has 6 atom stereocenters. The Morgan fingerprint density at radius 1 is 0.820 bits per heavy atom. The van der Waals surface area contributed by atoms with E-state index < -0.39 is 58.1 Å². The van der Waals surface area contributed by atoms with Gasteiger partial charge in [0.25, 0.3) is 0 Å². The molecule has 0 saturated heterocycles. The monoisotopic (exact) mass is 748 g/mol. The normalized spacial score (nSPS) is 29.5. The van der Waals surface area contributed by atoms with Gasteiger partial charge in [-0.15, -0.1) is 0 Å². The molecule has 0 amide bonds. The van der Waals surface area contributed by atoms with E-state index in [1.165, 1.54) is 11.1 Å². The quantitative estimate of drug-likeness (QED) is 0.130. The average molecular weight is 749 g/mol. The van der Waals surface area contributed by atoms with Crippen LogP contribution in [-0.2, 0) is 16.3 Å². The first-order valence-corrected chi connectivity index (χ1v) is 19.8. The molecule has 5 rings (SSSR count). The van der Waals surface area contributed by atoms with Gasteiger partial charge in [-0.2, -0.15) is 39.5 Å². The molecule has 3 fully saturated rings. The number of fused-ring (bicyclic) bond motifs is 6. The minimum atomic E-state index is -6.98. The molecule has 2 N–H and O–H groups in total. The van der Waals surface area contributed by atoms with Gasteiger partial charge in [-0.3, -0.25) is 0 Å². The molecule has 1 aromatic rings. The van der Waals surface area contributed by atoms with Crippen molar-refractivity contribution in [2.75, 3.05) is 11.5 Å². The fourth-order valence-corrected chi connectivity index (χ4v) is 11.5. The summed E-state index contributed by atoms with van der Waals surface area (Å²) in [6.07, 6.45) is 1.99. The number of aromatic hydroxyl groups is 1. The second-order valence-electron chi connectivity index (χ2n) is 15.9. The van der Waals surface area contributed by atoms with Gasteiger partial charge in [0.1, 0.15) is 15.6 Å². The standard InChI is InChI=1S/C36H49F9O4S/c1-31-15-13-27-26-12-11-25(46)21-24(26)20-23(30(27)28(31)22-29(47)32(31)16-17-32)10-7-5-3-2-4-6-8-18-50(48,49)19-9-14-33(37,38)34(39,40)35(41,42)36(43,44)45/h11-12,21,23,27-30,46-47H,2-10,13-20,22H2,1H3/t23?,27?,28?,29-,30?,31+/m1/s1. The van der Waals surface area contributed by atoms with Crippen LogP contribution in [0.25, 0.3) is 0 Å². The summed E-state index contributed by atoms with van der Waals surface area (Å²) in [6.45, 7) is 2.41. The van der Waals surface area contributed by atoms with Crippen LogP contribution in [0.15, 0.2) is 18.2 Å². The predicted octanol–water partition coefficient (Wildman–Crippen LogP) is 10.0. The van der Waals surface area contributed by atoms with E-state index in [9.17, 15) is 58.1 Å². The SMILES string of the molecule is C[C@]12CCC3c4ccc(O)cc4CC(CCCCCCCCCS(=O)(=O)CCCC(F)(F)C(F)(F)C(F)(F)C(F)(F)F)C3C1C[C@@H](O)C21CC1. The number of hydrogen-bond acceptors (Lipinski definition) is 4. The van der Waals surface area contributed by atoms with Crippen molar-refractivity contribution in [3.8, 4) is 5.75 Å². The Morgan fingerprint density at radius 3 is 2.04 bits per heavy atom. The topological polar surface area (TPSA) is 74.6 Å². The molecule has 4 nitrogen and oxygen atoms in total. The van der Waals surface area contributed by atoms with Crippen LogP contribution in [0.4, 0.5) is 39.5 Å². The molecule has 0 bridgehead atoms. The number of unbranched alkanes of at least 4 members (excludes halogenated alkanes) is 6. The predicted molar refractivity (Wildman–Crippen MR) is 170 cm³/mol. The van der Waals surface area contributed by atoms with Crippen LogP contribution in [0, 0.1) is 28.6 Å². The van der Waals surface area contributed by atoms with Crippen molar-refractivity contribution in [2.45, 2.75) is 146 Å². The zero-order valence-electron chi connectivity index (χ0n) is 28.4. The fourth-order valence-electron chi connectivity index (χ4n) is 10.1. The maximum absolute atomic E-state index is 13.7. The smallest absolute Gasteiger partial charge is 0.460 e. The number of alkyl halides is 9. The molecule has 0 radical (unpaired) electrons. The Balaban J connectivity index is 1.03. The van der Waals surface area contributed by atoms with E-state index in [0.29, 0.717) is 36.5 Å². The zero-order valence-corrected chi connectivity index (χ0v) is 29.2. The molecule has 14 heteroatoms. The molecule has 50 heavy (non-hydrogen) atoms. The van der Waals surface area contributed by atoms with Crippen LogP contribution >= 0.6 is 0 Å². The van der Waals surface area contributed by atoms with E-state index >= 15 is 0 Å². The van der Waals surface area contributed by atoms with Crippen LogP contribution in [-0.4, -0.2) is 60.2 Å². The highest BCUT2D eigenvalue weighted by Gasteiger charge is 2.81. The van der Waals surface area contributed by atoms with Crippen LogP contribution < -0.4 is 0 Å². The molecule has 286 valence electrons. The van der Waals surface area contributed by atoms with E-state index in [2.05, 4.69) is 13.0 Å². The molecule has 1 spiro atoms. The Hall–Kier alpha value is -1.70. The third-order valence-corrected chi connectivity index (χ3v) is 14.8. The lowest BCUT2D eigenvalue weighted by molar-refractivity contribution is -0.396. The molecule has 4 unspecified atom stereocenters. The molecule has 0 aromatic heterocycles. The summed E-state index contributed by atoms with van der Waals surface area (Å²) in [5.74, 6) is -18.8. The minimum absolute atomic E-state index is 0.0776. The van der Waals surface area contributed by atoms with E-state index in [-0.39, 0.29) is 29.1 Å². The van der Waals surface area contributed by atoms with Crippen molar-refractivity contribution in [2.24, 2.45) is 28.6 Å². The van der Waals surface area contributed by atoms with Crippen molar-refractivity contribution in [1.29, 1.82) is 0 Å². The first kappa shape index (κ1) is 39.5. The third-order valence-electron chi connectivity index (χ3n) is 13.0. The summed E-state index contributed by atoms with van der Waals surface area (Å²) in [6, 6.07) is 5.79.